The Labute approximate surface area is 129 Å². The maximum Gasteiger partial charge on any atom is 0.112 e. The Morgan fingerprint density at radius 2 is 1.37 bits per heavy atom. The van der Waals surface area contributed by atoms with Crippen molar-refractivity contribution >= 4 is 16.3 Å². The molecule has 2 radical (unpaired) electrons. The summed E-state index contributed by atoms with van der Waals surface area (Å²) in [7, 11) is 0. The fourth-order valence-electron chi connectivity index (χ4n) is 1.52. The fourth-order valence-corrected chi connectivity index (χ4v) is 1.52. The smallest absolute Gasteiger partial charge is 0.112 e. The highest BCUT2D eigenvalue weighted by molar-refractivity contribution is 6.05. The number of rotatable bonds is 2. The van der Waals surface area contributed by atoms with Gasteiger partial charge in [-0.15, -0.1) is 5.79 Å². The highest BCUT2D eigenvalue weighted by Gasteiger charge is 2.21. The van der Waals surface area contributed by atoms with E-state index in [1.165, 1.54) is 11.1 Å². The summed E-state index contributed by atoms with van der Waals surface area (Å²) < 4.78 is 0. The Hall–Kier alpha value is -0.288. The SMILES string of the molecule is CC.CC(C)(C)c1cccc(C(C)(C)CN)c1.[CH3][Al]. The quantitative estimate of drug-likeness (QED) is 0.794. The van der Waals surface area contributed by atoms with Crippen molar-refractivity contribution in [3.8, 4) is 0 Å². The van der Waals surface area contributed by atoms with Gasteiger partial charge in [0.1, 0.15) is 16.3 Å². The van der Waals surface area contributed by atoms with Gasteiger partial charge in [0.15, 0.2) is 0 Å². The third-order valence-corrected chi connectivity index (χ3v) is 3.02. The molecule has 0 aliphatic heterocycles. The molecule has 0 aliphatic carbocycles. The van der Waals surface area contributed by atoms with Crippen LogP contribution in [-0.4, -0.2) is 22.8 Å². The molecule has 108 valence electrons. The van der Waals surface area contributed by atoms with Gasteiger partial charge < -0.3 is 5.73 Å². The molecular formula is C17H32AlN. The molecule has 2 N–H and O–H groups in total. The lowest BCUT2D eigenvalue weighted by molar-refractivity contribution is 0.532. The first-order valence-electron chi connectivity index (χ1n) is 7.16. The number of hydrogen-bond acceptors (Lipinski definition) is 1. The average molecular weight is 277 g/mol. The minimum Gasteiger partial charge on any atom is -0.330 e. The number of nitrogens with two attached hydrogens (primary N) is 1. The van der Waals surface area contributed by atoms with E-state index in [9.17, 15) is 0 Å². The molecule has 0 amide bonds. The zero-order valence-electron chi connectivity index (χ0n) is 14.2. The van der Waals surface area contributed by atoms with E-state index in [1.807, 2.05) is 19.6 Å². The van der Waals surface area contributed by atoms with Gasteiger partial charge in [0.05, 0.1) is 0 Å². The van der Waals surface area contributed by atoms with Crippen LogP contribution >= 0.6 is 0 Å². The Balaban J connectivity index is 0. The molecule has 1 aromatic carbocycles. The molecule has 0 unspecified atom stereocenters. The van der Waals surface area contributed by atoms with Crippen LogP contribution in [0.25, 0.3) is 0 Å². The normalized spacial score (nSPS) is 10.8. The number of benzene rings is 1. The van der Waals surface area contributed by atoms with Gasteiger partial charge in [-0.1, -0.05) is 72.7 Å². The zero-order chi connectivity index (χ0) is 15.7. The van der Waals surface area contributed by atoms with Gasteiger partial charge in [0, 0.05) is 12.0 Å². The molecule has 0 fully saturated rings. The predicted molar refractivity (Wildman–Crippen MR) is 90.2 cm³/mol. The van der Waals surface area contributed by atoms with Crippen LogP contribution in [0.3, 0.4) is 0 Å². The summed E-state index contributed by atoms with van der Waals surface area (Å²) in [6, 6.07) is 8.78. The molecule has 0 heterocycles. The maximum atomic E-state index is 5.80. The first kappa shape index (κ1) is 21.0. The maximum absolute atomic E-state index is 5.80. The van der Waals surface area contributed by atoms with Crippen LogP contribution in [-0.2, 0) is 10.8 Å². The van der Waals surface area contributed by atoms with E-state index in [2.05, 4.69) is 75.2 Å². The number of hydrogen-bond donors (Lipinski definition) is 1. The zero-order valence-corrected chi connectivity index (χ0v) is 15.3. The molecule has 19 heavy (non-hydrogen) atoms. The predicted octanol–water partition coefficient (Wildman–Crippen LogP) is 4.45. The van der Waals surface area contributed by atoms with Crippen LogP contribution in [0.1, 0.15) is 59.6 Å². The summed E-state index contributed by atoms with van der Waals surface area (Å²) in [4.78, 5) is 0. The second-order valence-corrected chi connectivity index (χ2v) is 5.92. The van der Waals surface area contributed by atoms with Gasteiger partial charge in [-0.3, -0.25) is 0 Å². The van der Waals surface area contributed by atoms with Crippen LogP contribution < -0.4 is 5.73 Å². The van der Waals surface area contributed by atoms with Crippen LogP contribution in [0.5, 0.6) is 0 Å². The largest absolute Gasteiger partial charge is 0.330 e. The third-order valence-electron chi connectivity index (χ3n) is 3.02. The molecule has 1 aromatic rings. The van der Waals surface area contributed by atoms with Gasteiger partial charge in [-0.25, -0.2) is 0 Å². The fraction of sp³-hybridized carbons (Fsp3) is 0.647. The van der Waals surface area contributed by atoms with Crippen LogP contribution in [0.2, 0.25) is 5.79 Å². The molecule has 0 saturated heterocycles. The highest BCUT2D eigenvalue weighted by atomic mass is 27.0. The van der Waals surface area contributed by atoms with Gasteiger partial charge in [0.25, 0.3) is 0 Å². The van der Waals surface area contributed by atoms with Crippen molar-refractivity contribution in [2.45, 2.75) is 65.1 Å². The van der Waals surface area contributed by atoms with E-state index in [4.69, 9.17) is 5.73 Å². The summed E-state index contributed by atoms with van der Waals surface area (Å²) in [6.45, 7) is 15.8. The highest BCUT2D eigenvalue weighted by Crippen LogP contribution is 2.28. The first-order chi connectivity index (χ1) is 8.77. The molecule has 0 saturated carbocycles. The summed E-state index contributed by atoms with van der Waals surface area (Å²) in [5, 5.41) is 0. The third kappa shape index (κ3) is 7.16. The first-order valence-corrected chi connectivity index (χ1v) is 8.32. The van der Waals surface area contributed by atoms with E-state index >= 15 is 0 Å². The molecule has 0 bridgehead atoms. The molecule has 0 aromatic heterocycles. The second kappa shape index (κ2) is 9.59. The molecule has 1 nitrogen and oxygen atoms in total. The van der Waals surface area contributed by atoms with E-state index in [1.54, 1.807) is 0 Å². The van der Waals surface area contributed by atoms with Crippen molar-refractivity contribution in [3.05, 3.63) is 35.4 Å². The molecular weight excluding hydrogens is 245 g/mol. The molecule has 0 spiro atoms. The Kier molecular flexibility index (Phi) is 10.6. The topological polar surface area (TPSA) is 26.0 Å². The van der Waals surface area contributed by atoms with Crippen molar-refractivity contribution in [3.63, 3.8) is 0 Å². The van der Waals surface area contributed by atoms with Crippen LogP contribution in [0.15, 0.2) is 24.3 Å². The summed E-state index contributed by atoms with van der Waals surface area (Å²) >= 11 is 2.42. The molecule has 0 aliphatic rings. The van der Waals surface area contributed by atoms with Gasteiger partial charge in [0.2, 0.25) is 0 Å². The minimum atomic E-state index is 0.0707. The standard InChI is InChI=1S/C14H23N.C2H6.CH3.Al/c1-13(2,3)11-7-6-8-12(9-11)14(4,5)10-15;1-2;;/h6-9H,10,15H2,1-5H3;1-2H3;1H3;. The van der Waals surface area contributed by atoms with Crippen molar-refractivity contribution in [1.29, 1.82) is 0 Å². The summed E-state index contributed by atoms with van der Waals surface area (Å²) in [5.74, 6) is 1.92. The van der Waals surface area contributed by atoms with Gasteiger partial charge in [-0.05, 0) is 16.5 Å². The van der Waals surface area contributed by atoms with Crippen molar-refractivity contribution in [2.24, 2.45) is 5.73 Å². The molecule has 0 atom stereocenters. The Morgan fingerprint density at radius 1 is 0.947 bits per heavy atom. The lowest BCUT2D eigenvalue weighted by atomic mass is 9.80. The van der Waals surface area contributed by atoms with Gasteiger partial charge >= 0.3 is 0 Å². The van der Waals surface area contributed by atoms with E-state index in [0.29, 0.717) is 6.54 Å². The average Bonchev–Trinajstić information content (AvgIpc) is 2.42. The molecule has 2 heteroatoms. The lowest BCUT2D eigenvalue weighted by Crippen LogP contribution is -2.28. The van der Waals surface area contributed by atoms with Gasteiger partial charge in [-0.2, -0.15) is 0 Å². The lowest BCUT2D eigenvalue weighted by Gasteiger charge is -2.26. The van der Waals surface area contributed by atoms with E-state index in [-0.39, 0.29) is 10.8 Å². The van der Waals surface area contributed by atoms with Crippen molar-refractivity contribution < 1.29 is 0 Å². The van der Waals surface area contributed by atoms with Crippen LogP contribution in [0.4, 0.5) is 0 Å². The van der Waals surface area contributed by atoms with Crippen molar-refractivity contribution in [1.82, 2.24) is 0 Å². The van der Waals surface area contributed by atoms with Crippen LogP contribution in [0, 0.1) is 0 Å². The minimum absolute atomic E-state index is 0.0707. The second-order valence-electron chi connectivity index (χ2n) is 5.92. The monoisotopic (exact) mass is 277 g/mol. The van der Waals surface area contributed by atoms with E-state index < -0.39 is 0 Å². The Bertz CT molecular complexity index is 337. The molecule has 1 rings (SSSR count). The van der Waals surface area contributed by atoms with E-state index in [0.717, 1.165) is 0 Å². The Morgan fingerprint density at radius 3 is 1.74 bits per heavy atom. The summed E-state index contributed by atoms with van der Waals surface area (Å²) in [5.41, 5.74) is 8.78. The summed E-state index contributed by atoms with van der Waals surface area (Å²) in [6.07, 6.45) is 0. The van der Waals surface area contributed by atoms with Crippen molar-refractivity contribution in [2.75, 3.05) is 6.54 Å².